The summed E-state index contributed by atoms with van der Waals surface area (Å²) in [5.74, 6) is 0. The number of nitrogens with two attached hydrogens (primary N) is 1. The molecule has 0 radical (unpaired) electrons. The van der Waals surface area contributed by atoms with E-state index in [0.29, 0.717) is 17.3 Å². The number of anilines is 1. The third-order valence-electron chi connectivity index (χ3n) is 1.81. The molecule has 1 aromatic heterocycles. The second-order valence-corrected chi connectivity index (χ2v) is 3.33. The van der Waals surface area contributed by atoms with Crippen LogP contribution < -0.4 is 11.1 Å². The lowest BCUT2D eigenvalue weighted by molar-refractivity contribution is 0.158. The molecule has 0 spiro atoms. The van der Waals surface area contributed by atoms with Crippen LogP contribution in [0.4, 0.5) is 5.69 Å². The van der Waals surface area contributed by atoms with E-state index in [9.17, 15) is 0 Å². The molecule has 0 fully saturated rings. The summed E-state index contributed by atoms with van der Waals surface area (Å²) in [5.41, 5.74) is 7.02. The molecule has 0 bridgehead atoms. The largest absolute Gasteiger partial charge is 0.388 e. The van der Waals surface area contributed by atoms with Gasteiger partial charge >= 0.3 is 0 Å². The van der Waals surface area contributed by atoms with E-state index < -0.39 is 0 Å². The maximum absolute atomic E-state index is 5.54. The first kappa shape index (κ1) is 11.9. The van der Waals surface area contributed by atoms with Crippen molar-refractivity contribution < 1.29 is 4.74 Å². The smallest absolute Gasteiger partial charge is 0.124 e. The van der Waals surface area contributed by atoms with Crippen molar-refractivity contribution in [2.45, 2.75) is 6.92 Å². The fourth-order valence-corrected chi connectivity index (χ4v) is 1.31. The van der Waals surface area contributed by atoms with Crippen LogP contribution in [-0.2, 0) is 4.74 Å². The lowest BCUT2D eigenvalue weighted by atomic mass is 10.3. The molecule has 82 valence electrons. The van der Waals surface area contributed by atoms with Crippen molar-refractivity contribution in [2.24, 2.45) is 5.73 Å². The van der Waals surface area contributed by atoms with Crippen LogP contribution in [0.25, 0.3) is 0 Å². The fourth-order valence-electron chi connectivity index (χ4n) is 1.15. The highest BCUT2D eigenvalue weighted by atomic mass is 32.1. The number of hydrogen-bond acceptors (Lipinski definition) is 4. The van der Waals surface area contributed by atoms with Gasteiger partial charge in [-0.3, -0.25) is 4.98 Å². The molecule has 5 heteroatoms. The highest BCUT2D eigenvalue weighted by Gasteiger charge is 2.04. The molecule has 15 heavy (non-hydrogen) atoms. The Balaban J connectivity index is 2.56. The number of hydrogen-bond donors (Lipinski definition) is 2. The molecule has 0 aliphatic carbocycles. The lowest BCUT2D eigenvalue weighted by Gasteiger charge is -2.09. The van der Waals surface area contributed by atoms with Crippen LogP contribution >= 0.6 is 12.2 Å². The summed E-state index contributed by atoms with van der Waals surface area (Å²) in [6, 6.07) is 3.73. The van der Waals surface area contributed by atoms with Gasteiger partial charge in [0.2, 0.25) is 0 Å². The number of aromatic nitrogens is 1. The van der Waals surface area contributed by atoms with Gasteiger partial charge in [0.15, 0.2) is 0 Å². The van der Waals surface area contributed by atoms with Crippen LogP contribution in [0.1, 0.15) is 12.6 Å². The third kappa shape index (κ3) is 3.81. The Hall–Kier alpha value is -1.20. The number of pyridine rings is 1. The van der Waals surface area contributed by atoms with Gasteiger partial charge in [-0.2, -0.15) is 0 Å². The molecule has 0 amide bonds. The molecule has 1 rings (SSSR count). The van der Waals surface area contributed by atoms with Crippen LogP contribution in [-0.4, -0.2) is 29.7 Å². The summed E-state index contributed by atoms with van der Waals surface area (Å²) < 4.78 is 5.21. The summed E-state index contributed by atoms with van der Waals surface area (Å²) in [6.07, 6.45) is 1.67. The average Bonchev–Trinajstić information content (AvgIpc) is 2.25. The van der Waals surface area contributed by atoms with Gasteiger partial charge in [-0.15, -0.1) is 0 Å². The van der Waals surface area contributed by atoms with E-state index >= 15 is 0 Å². The van der Waals surface area contributed by atoms with Crippen molar-refractivity contribution >= 4 is 22.9 Å². The van der Waals surface area contributed by atoms with Gasteiger partial charge in [-0.25, -0.2) is 0 Å². The molecule has 0 aliphatic rings. The van der Waals surface area contributed by atoms with Crippen molar-refractivity contribution in [1.29, 1.82) is 0 Å². The Labute approximate surface area is 94.8 Å². The van der Waals surface area contributed by atoms with E-state index in [0.717, 1.165) is 18.8 Å². The van der Waals surface area contributed by atoms with Crippen LogP contribution in [0.15, 0.2) is 18.3 Å². The van der Waals surface area contributed by atoms with E-state index in [1.165, 1.54) is 0 Å². The molecule has 0 aromatic carbocycles. The molecule has 0 unspecified atom stereocenters. The SMILES string of the molecule is CCOCCNc1cccnc1C(N)=S. The maximum Gasteiger partial charge on any atom is 0.124 e. The van der Waals surface area contributed by atoms with Gasteiger partial charge < -0.3 is 15.8 Å². The number of nitrogens with one attached hydrogen (secondary N) is 1. The summed E-state index contributed by atoms with van der Waals surface area (Å²) in [7, 11) is 0. The zero-order chi connectivity index (χ0) is 11.1. The Morgan fingerprint density at radius 2 is 2.47 bits per heavy atom. The second-order valence-electron chi connectivity index (χ2n) is 2.89. The quantitative estimate of drug-likeness (QED) is 0.562. The van der Waals surface area contributed by atoms with E-state index in [-0.39, 0.29) is 0 Å². The van der Waals surface area contributed by atoms with Crippen molar-refractivity contribution in [3.63, 3.8) is 0 Å². The average molecular weight is 225 g/mol. The van der Waals surface area contributed by atoms with E-state index in [1.807, 2.05) is 19.1 Å². The Morgan fingerprint density at radius 3 is 3.13 bits per heavy atom. The first-order valence-electron chi connectivity index (χ1n) is 4.82. The van der Waals surface area contributed by atoms with Crippen LogP contribution in [0.3, 0.4) is 0 Å². The molecule has 4 nitrogen and oxygen atoms in total. The number of nitrogens with zero attached hydrogens (tertiary/aromatic N) is 1. The highest BCUT2D eigenvalue weighted by molar-refractivity contribution is 7.80. The van der Waals surface area contributed by atoms with Gasteiger partial charge in [-0.1, -0.05) is 12.2 Å². The Bertz CT molecular complexity index is 330. The van der Waals surface area contributed by atoms with Gasteiger partial charge in [-0.05, 0) is 19.1 Å². The zero-order valence-electron chi connectivity index (χ0n) is 8.69. The fraction of sp³-hybridized carbons (Fsp3) is 0.400. The van der Waals surface area contributed by atoms with Gasteiger partial charge in [0, 0.05) is 19.3 Å². The number of rotatable bonds is 6. The van der Waals surface area contributed by atoms with E-state index in [2.05, 4.69) is 10.3 Å². The molecule has 0 atom stereocenters. The van der Waals surface area contributed by atoms with Gasteiger partial charge in [0.25, 0.3) is 0 Å². The zero-order valence-corrected chi connectivity index (χ0v) is 9.51. The van der Waals surface area contributed by atoms with E-state index in [1.54, 1.807) is 6.20 Å². The topological polar surface area (TPSA) is 60.2 Å². The summed E-state index contributed by atoms with van der Waals surface area (Å²) in [6.45, 7) is 4.05. The van der Waals surface area contributed by atoms with Crippen LogP contribution in [0.5, 0.6) is 0 Å². The standard InChI is InChI=1S/C10H15N3OS/c1-2-14-7-6-12-8-4-3-5-13-9(8)10(11)15/h3-5,12H,2,6-7H2,1H3,(H2,11,15). The first-order chi connectivity index (χ1) is 7.25. The molecular weight excluding hydrogens is 210 g/mol. The predicted molar refractivity (Wildman–Crippen MR) is 65.1 cm³/mol. The predicted octanol–water partition coefficient (Wildman–Crippen LogP) is 1.16. The first-order valence-corrected chi connectivity index (χ1v) is 5.23. The molecular formula is C10H15N3OS. The summed E-state index contributed by atoms with van der Waals surface area (Å²) in [4.78, 5) is 4.41. The minimum absolute atomic E-state index is 0.300. The molecule has 3 N–H and O–H groups in total. The Morgan fingerprint density at radius 1 is 1.67 bits per heavy atom. The molecule has 0 aliphatic heterocycles. The maximum atomic E-state index is 5.54. The lowest BCUT2D eigenvalue weighted by Crippen LogP contribution is -2.17. The number of thiocarbonyl (C=S) groups is 1. The number of ether oxygens (including phenoxy) is 1. The van der Waals surface area contributed by atoms with Crippen LogP contribution in [0.2, 0.25) is 0 Å². The summed E-state index contributed by atoms with van der Waals surface area (Å²) >= 11 is 4.90. The van der Waals surface area contributed by atoms with Gasteiger partial charge in [0.05, 0.1) is 12.3 Å². The minimum atomic E-state index is 0.300. The molecule has 0 saturated heterocycles. The van der Waals surface area contributed by atoms with Crippen molar-refractivity contribution in [1.82, 2.24) is 4.98 Å². The monoisotopic (exact) mass is 225 g/mol. The minimum Gasteiger partial charge on any atom is -0.388 e. The van der Waals surface area contributed by atoms with Crippen molar-refractivity contribution in [3.8, 4) is 0 Å². The Kier molecular flexibility index (Phi) is 5.00. The van der Waals surface area contributed by atoms with Gasteiger partial charge in [0.1, 0.15) is 10.7 Å². The third-order valence-corrected chi connectivity index (χ3v) is 2.00. The second kappa shape index (κ2) is 6.31. The van der Waals surface area contributed by atoms with Crippen molar-refractivity contribution in [3.05, 3.63) is 24.0 Å². The highest BCUT2D eigenvalue weighted by Crippen LogP contribution is 2.11. The molecule has 1 heterocycles. The summed E-state index contributed by atoms with van der Waals surface area (Å²) in [5, 5.41) is 3.17. The van der Waals surface area contributed by atoms with Crippen molar-refractivity contribution in [2.75, 3.05) is 25.1 Å². The van der Waals surface area contributed by atoms with Crippen LogP contribution in [0, 0.1) is 0 Å². The van der Waals surface area contributed by atoms with E-state index in [4.69, 9.17) is 22.7 Å². The molecule has 0 saturated carbocycles. The normalized spacial score (nSPS) is 9.93. The molecule has 1 aromatic rings.